The molecular formula is C22H23NO4S. The molecule has 28 heavy (non-hydrogen) atoms. The Morgan fingerprint density at radius 1 is 1.11 bits per heavy atom. The van der Waals surface area contributed by atoms with E-state index in [-0.39, 0.29) is 23.8 Å². The number of benzene rings is 2. The summed E-state index contributed by atoms with van der Waals surface area (Å²) in [4.78, 5) is 26.7. The molecule has 1 saturated heterocycles. The third-order valence-electron chi connectivity index (χ3n) is 4.45. The smallest absolute Gasteiger partial charge is 0.293 e. The molecule has 6 heteroatoms. The van der Waals surface area contributed by atoms with Crippen LogP contribution in [-0.2, 0) is 11.3 Å². The van der Waals surface area contributed by atoms with Crippen LogP contribution in [-0.4, -0.2) is 29.3 Å². The molecule has 5 nitrogen and oxygen atoms in total. The molecule has 2 aromatic carbocycles. The van der Waals surface area contributed by atoms with Crippen molar-refractivity contribution in [3.8, 4) is 11.5 Å². The number of hydrogen-bond donors (Lipinski definition) is 0. The van der Waals surface area contributed by atoms with E-state index in [4.69, 9.17) is 9.47 Å². The molecule has 0 spiro atoms. The highest BCUT2D eigenvalue weighted by Crippen LogP contribution is 2.35. The third-order valence-corrected chi connectivity index (χ3v) is 5.35. The minimum Gasteiger partial charge on any atom is -0.493 e. The molecule has 0 N–H and O–H groups in total. The van der Waals surface area contributed by atoms with Gasteiger partial charge in [-0.05, 0) is 54.4 Å². The molecule has 0 aliphatic carbocycles. The molecule has 2 aromatic rings. The van der Waals surface area contributed by atoms with Gasteiger partial charge in [-0.25, -0.2) is 0 Å². The van der Waals surface area contributed by atoms with Crippen molar-refractivity contribution in [1.82, 2.24) is 4.90 Å². The molecule has 1 fully saturated rings. The van der Waals surface area contributed by atoms with E-state index in [1.54, 1.807) is 13.2 Å². The molecule has 0 aromatic heterocycles. The highest BCUT2D eigenvalue weighted by molar-refractivity contribution is 8.18. The van der Waals surface area contributed by atoms with E-state index in [2.05, 4.69) is 6.92 Å². The van der Waals surface area contributed by atoms with Gasteiger partial charge in [0.15, 0.2) is 11.5 Å². The predicted octanol–water partition coefficient (Wildman–Crippen LogP) is 5.11. The molecule has 146 valence electrons. The zero-order valence-electron chi connectivity index (χ0n) is 16.2. The summed E-state index contributed by atoms with van der Waals surface area (Å²) < 4.78 is 11.3. The summed E-state index contributed by atoms with van der Waals surface area (Å²) in [6, 6.07) is 15.0. The van der Waals surface area contributed by atoms with Crippen LogP contribution < -0.4 is 9.47 Å². The molecule has 0 unspecified atom stereocenters. The van der Waals surface area contributed by atoms with E-state index < -0.39 is 0 Å². The van der Waals surface area contributed by atoms with E-state index >= 15 is 0 Å². The zero-order valence-corrected chi connectivity index (χ0v) is 17.0. The van der Waals surface area contributed by atoms with Crippen molar-refractivity contribution < 1.29 is 19.1 Å². The number of imide groups is 1. The van der Waals surface area contributed by atoms with Gasteiger partial charge in [0.1, 0.15) is 0 Å². The lowest BCUT2D eigenvalue weighted by molar-refractivity contribution is -0.123. The van der Waals surface area contributed by atoms with Crippen LogP contribution in [0.25, 0.3) is 6.08 Å². The lowest BCUT2D eigenvalue weighted by atomic mass is 10.1. The van der Waals surface area contributed by atoms with Crippen molar-refractivity contribution in [2.24, 2.45) is 0 Å². The van der Waals surface area contributed by atoms with Gasteiger partial charge in [-0.15, -0.1) is 0 Å². The standard InChI is InChI=1S/C22H23NO4S/c1-4-15(2)27-18-11-10-17(12-19(18)26-3)13-20-21(24)23(22(25)28-20)14-16-8-6-5-7-9-16/h5-13,15H,4,14H2,1-3H3/b20-13-/t15-/m0/s1. The number of methoxy groups -OCH3 is 1. The maximum Gasteiger partial charge on any atom is 0.293 e. The topological polar surface area (TPSA) is 55.8 Å². The van der Waals surface area contributed by atoms with Gasteiger partial charge in [0.2, 0.25) is 0 Å². The van der Waals surface area contributed by atoms with Gasteiger partial charge in [0.05, 0.1) is 24.7 Å². The Labute approximate surface area is 169 Å². The summed E-state index contributed by atoms with van der Waals surface area (Å²) in [6.45, 7) is 4.32. The first-order valence-corrected chi connectivity index (χ1v) is 9.97. The Kier molecular flexibility index (Phi) is 6.41. The minimum atomic E-state index is -0.280. The summed E-state index contributed by atoms with van der Waals surface area (Å²) in [5.74, 6) is 0.974. The van der Waals surface area contributed by atoms with E-state index in [1.165, 1.54) is 4.90 Å². The van der Waals surface area contributed by atoms with Crippen LogP contribution in [0.3, 0.4) is 0 Å². The Bertz CT molecular complexity index is 895. The zero-order chi connectivity index (χ0) is 20.1. The number of carbonyl (C=O) groups is 2. The molecule has 3 rings (SSSR count). The van der Waals surface area contributed by atoms with Crippen molar-refractivity contribution >= 4 is 29.0 Å². The number of thioether (sulfide) groups is 1. The molecule has 1 atom stereocenters. The van der Waals surface area contributed by atoms with Gasteiger partial charge in [0, 0.05) is 0 Å². The first-order chi connectivity index (χ1) is 13.5. The van der Waals surface area contributed by atoms with Gasteiger partial charge in [-0.3, -0.25) is 14.5 Å². The van der Waals surface area contributed by atoms with E-state index in [0.717, 1.165) is 29.3 Å². The lowest BCUT2D eigenvalue weighted by Crippen LogP contribution is -2.27. The van der Waals surface area contributed by atoms with E-state index in [9.17, 15) is 9.59 Å². The van der Waals surface area contributed by atoms with E-state index in [0.29, 0.717) is 16.4 Å². The Balaban J connectivity index is 1.79. The average molecular weight is 397 g/mol. The van der Waals surface area contributed by atoms with Gasteiger partial charge < -0.3 is 9.47 Å². The third kappa shape index (κ3) is 4.57. The SMILES string of the molecule is CC[C@H](C)Oc1ccc(/C=C2\SC(=O)N(Cc3ccccc3)C2=O)cc1OC. The van der Waals surface area contributed by atoms with Crippen LogP contribution >= 0.6 is 11.8 Å². The first-order valence-electron chi connectivity index (χ1n) is 9.15. The quantitative estimate of drug-likeness (QED) is 0.608. The molecule has 1 heterocycles. The average Bonchev–Trinajstić information content (AvgIpc) is 2.97. The fraction of sp³-hybridized carbons (Fsp3) is 0.273. The van der Waals surface area contributed by atoms with Gasteiger partial charge in [-0.2, -0.15) is 0 Å². The molecular weight excluding hydrogens is 374 g/mol. The predicted molar refractivity (Wildman–Crippen MR) is 111 cm³/mol. The molecule has 2 amide bonds. The number of nitrogens with zero attached hydrogens (tertiary/aromatic N) is 1. The second kappa shape index (κ2) is 8.97. The second-order valence-electron chi connectivity index (χ2n) is 6.50. The Hall–Kier alpha value is -2.73. The Morgan fingerprint density at radius 2 is 1.86 bits per heavy atom. The van der Waals surface area contributed by atoms with Crippen LogP contribution in [0, 0.1) is 0 Å². The fourth-order valence-electron chi connectivity index (χ4n) is 2.73. The second-order valence-corrected chi connectivity index (χ2v) is 7.49. The highest BCUT2D eigenvalue weighted by atomic mass is 32.2. The molecule has 0 saturated carbocycles. The first kappa shape index (κ1) is 20.0. The summed E-state index contributed by atoms with van der Waals surface area (Å²) in [6.07, 6.45) is 2.68. The number of rotatable bonds is 7. The number of hydrogen-bond acceptors (Lipinski definition) is 5. The van der Waals surface area contributed by atoms with Crippen molar-refractivity contribution in [2.45, 2.75) is 32.9 Å². The highest BCUT2D eigenvalue weighted by Gasteiger charge is 2.34. The van der Waals surface area contributed by atoms with Gasteiger partial charge in [-0.1, -0.05) is 43.3 Å². The largest absolute Gasteiger partial charge is 0.493 e. The normalized spacial score (nSPS) is 16.5. The fourth-order valence-corrected chi connectivity index (χ4v) is 3.56. The minimum absolute atomic E-state index is 0.0780. The maximum atomic E-state index is 12.7. The van der Waals surface area contributed by atoms with Crippen LogP contribution in [0.5, 0.6) is 11.5 Å². The van der Waals surface area contributed by atoms with E-state index in [1.807, 2.05) is 55.5 Å². The number of ether oxygens (including phenoxy) is 2. The van der Waals surface area contributed by atoms with Crippen LogP contribution in [0.15, 0.2) is 53.4 Å². The van der Waals surface area contributed by atoms with Gasteiger partial charge >= 0.3 is 0 Å². The summed E-state index contributed by atoms with van der Waals surface area (Å²) in [5, 5.41) is -0.260. The summed E-state index contributed by atoms with van der Waals surface area (Å²) >= 11 is 0.954. The summed E-state index contributed by atoms with van der Waals surface area (Å²) in [7, 11) is 1.58. The van der Waals surface area contributed by atoms with Crippen molar-refractivity contribution in [3.63, 3.8) is 0 Å². The van der Waals surface area contributed by atoms with Crippen LogP contribution in [0.1, 0.15) is 31.4 Å². The van der Waals surface area contributed by atoms with Crippen molar-refractivity contribution in [2.75, 3.05) is 7.11 Å². The molecule has 0 bridgehead atoms. The summed E-state index contributed by atoms with van der Waals surface area (Å²) in [5.41, 5.74) is 1.69. The lowest BCUT2D eigenvalue weighted by Gasteiger charge is -2.15. The molecule has 1 aliphatic rings. The monoisotopic (exact) mass is 397 g/mol. The number of carbonyl (C=O) groups excluding carboxylic acids is 2. The maximum absolute atomic E-state index is 12.7. The van der Waals surface area contributed by atoms with Crippen molar-refractivity contribution in [3.05, 3.63) is 64.6 Å². The Morgan fingerprint density at radius 3 is 2.54 bits per heavy atom. The number of amides is 2. The van der Waals surface area contributed by atoms with Gasteiger partial charge in [0.25, 0.3) is 11.1 Å². The molecule has 1 aliphatic heterocycles. The molecule has 0 radical (unpaired) electrons. The van der Waals surface area contributed by atoms with Crippen LogP contribution in [0.2, 0.25) is 0 Å². The van der Waals surface area contributed by atoms with Crippen LogP contribution in [0.4, 0.5) is 4.79 Å². The van der Waals surface area contributed by atoms with Crippen molar-refractivity contribution in [1.29, 1.82) is 0 Å².